The van der Waals surface area contributed by atoms with Gasteiger partial charge in [-0.25, -0.2) is 24.1 Å². The van der Waals surface area contributed by atoms with Crippen molar-refractivity contribution in [3.8, 4) is 11.8 Å². The number of hydrogen-bond donors (Lipinski definition) is 6. The van der Waals surface area contributed by atoms with E-state index in [2.05, 4.69) is 35.6 Å². The number of nitrogens with zero attached hydrogens (tertiary/aromatic N) is 4. The van der Waals surface area contributed by atoms with E-state index in [0.29, 0.717) is 6.42 Å². The maximum atomic E-state index is 11.6. The fourth-order valence-corrected chi connectivity index (χ4v) is 4.61. The van der Waals surface area contributed by atoms with E-state index in [1.165, 1.54) is 10.9 Å². The summed E-state index contributed by atoms with van der Waals surface area (Å²) < 4.78 is 37.3. The summed E-state index contributed by atoms with van der Waals surface area (Å²) in [7, 11) is -10.5. The Kier molecular flexibility index (Phi) is 7.87. The van der Waals surface area contributed by atoms with Gasteiger partial charge in [-0.3, -0.25) is 9.09 Å². The molecule has 17 heteroatoms. The minimum atomic E-state index is -5.32. The topological polar surface area (TPSA) is 233 Å². The van der Waals surface area contributed by atoms with Gasteiger partial charge in [0.15, 0.2) is 17.7 Å². The highest BCUT2D eigenvalue weighted by Gasteiger charge is 2.46. The van der Waals surface area contributed by atoms with E-state index >= 15 is 0 Å². The molecule has 182 valence electrons. The van der Waals surface area contributed by atoms with E-state index < -0.39 is 46.8 Å². The number of nitrogens with two attached hydrogens (primary N) is 1. The van der Waals surface area contributed by atoms with Crippen LogP contribution in [0.4, 0.5) is 5.82 Å². The Bertz CT molecular complexity index is 1160. The Hall–Kier alpha value is -1.95. The Morgan fingerprint density at radius 3 is 2.64 bits per heavy atom. The maximum absolute atomic E-state index is 11.6. The van der Waals surface area contributed by atoms with Gasteiger partial charge in [0.2, 0.25) is 5.82 Å². The molecule has 3 rings (SSSR count). The van der Waals surface area contributed by atoms with E-state index in [9.17, 15) is 24.2 Å². The monoisotopic (exact) mass is 507 g/mol. The third-order valence-corrected chi connectivity index (χ3v) is 6.68. The van der Waals surface area contributed by atoms with Gasteiger partial charge in [0.25, 0.3) is 0 Å². The smallest absolute Gasteiger partial charge is 0.387 e. The van der Waals surface area contributed by atoms with Crippen molar-refractivity contribution < 1.29 is 47.6 Å². The largest absolute Gasteiger partial charge is 0.481 e. The Morgan fingerprint density at radius 2 is 1.97 bits per heavy atom. The minimum absolute atomic E-state index is 0.0438. The summed E-state index contributed by atoms with van der Waals surface area (Å²) in [4.78, 5) is 39.1. The second-order valence-corrected chi connectivity index (χ2v) is 9.87. The summed E-state index contributed by atoms with van der Waals surface area (Å²) in [5, 5.41) is 20.7. The lowest BCUT2D eigenvalue weighted by Gasteiger charge is -2.17. The number of unbranched alkanes of at least 4 members (excludes halogenated alkanes) is 2. The number of aromatic nitrogens is 4. The second kappa shape index (κ2) is 10.1. The summed E-state index contributed by atoms with van der Waals surface area (Å²) in [5.41, 5.74) is 6.30. The molecule has 1 unspecified atom stereocenters. The number of anilines is 1. The van der Waals surface area contributed by atoms with Gasteiger partial charge >= 0.3 is 15.6 Å². The summed E-state index contributed by atoms with van der Waals surface area (Å²) in [6.45, 7) is 1.20. The molecule has 0 amide bonds. The summed E-state index contributed by atoms with van der Waals surface area (Å²) in [5.74, 6) is 5.90. The molecule has 3 heterocycles. The van der Waals surface area contributed by atoms with Crippen molar-refractivity contribution in [1.29, 1.82) is 0 Å². The molecule has 0 radical (unpaired) electrons. The first-order chi connectivity index (χ1) is 15.4. The van der Waals surface area contributed by atoms with E-state index in [1.54, 1.807) is 0 Å². The van der Waals surface area contributed by atoms with Crippen LogP contribution < -0.4 is 5.73 Å². The van der Waals surface area contributed by atoms with Crippen LogP contribution in [0.2, 0.25) is 0 Å². The predicted octanol–water partition coefficient (Wildman–Crippen LogP) is -0.204. The molecule has 0 bridgehead atoms. The highest BCUT2D eigenvalue weighted by Crippen LogP contribution is 2.57. The van der Waals surface area contributed by atoms with Gasteiger partial charge in [-0.1, -0.05) is 19.3 Å². The Morgan fingerprint density at radius 1 is 1.24 bits per heavy atom. The van der Waals surface area contributed by atoms with Crippen molar-refractivity contribution in [3.05, 3.63) is 12.2 Å². The zero-order chi connectivity index (χ0) is 24.4. The summed E-state index contributed by atoms with van der Waals surface area (Å²) in [6, 6.07) is 0. The lowest BCUT2D eigenvalue weighted by Crippen LogP contribution is -2.33. The number of imidazole rings is 1. The molecule has 5 atom stereocenters. The zero-order valence-electron chi connectivity index (χ0n) is 17.3. The first-order valence-electron chi connectivity index (χ1n) is 9.66. The fourth-order valence-electron chi connectivity index (χ4n) is 3.01. The molecule has 33 heavy (non-hydrogen) atoms. The van der Waals surface area contributed by atoms with E-state index in [4.69, 9.17) is 20.3 Å². The Labute approximate surface area is 187 Å². The van der Waals surface area contributed by atoms with Crippen molar-refractivity contribution in [2.45, 2.75) is 50.7 Å². The molecule has 0 aromatic carbocycles. The number of hydrogen-bond acceptors (Lipinski definition) is 11. The molecule has 0 aliphatic carbocycles. The van der Waals surface area contributed by atoms with Crippen LogP contribution in [-0.2, 0) is 22.7 Å². The minimum Gasteiger partial charge on any atom is -0.387 e. The average molecular weight is 507 g/mol. The van der Waals surface area contributed by atoms with Crippen LogP contribution >= 0.6 is 15.6 Å². The first kappa shape index (κ1) is 25.7. The molecular weight excluding hydrogens is 484 g/mol. The van der Waals surface area contributed by atoms with Crippen LogP contribution in [0.5, 0.6) is 0 Å². The molecule has 1 saturated heterocycles. The van der Waals surface area contributed by atoms with Gasteiger partial charge in [-0.15, -0.1) is 0 Å². The lowest BCUT2D eigenvalue weighted by atomic mass is 10.1. The van der Waals surface area contributed by atoms with E-state index in [0.717, 1.165) is 12.8 Å². The van der Waals surface area contributed by atoms with Crippen LogP contribution in [0.15, 0.2) is 6.33 Å². The van der Waals surface area contributed by atoms with Gasteiger partial charge in [0.1, 0.15) is 23.8 Å². The molecule has 15 nitrogen and oxygen atoms in total. The highest BCUT2D eigenvalue weighted by atomic mass is 31.3. The normalized spacial score (nSPS) is 25.0. The van der Waals surface area contributed by atoms with Gasteiger partial charge in [-0.2, -0.15) is 4.31 Å². The van der Waals surface area contributed by atoms with Gasteiger partial charge in [0.05, 0.1) is 12.9 Å². The molecule has 2 aromatic heterocycles. The van der Waals surface area contributed by atoms with Gasteiger partial charge in [-0.05, 0) is 12.3 Å². The zero-order valence-corrected chi connectivity index (χ0v) is 19.0. The summed E-state index contributed by atoms with van der Waals surface area (Å²) >= 11 is 0. The third kappa shape index (κ3) is 6.34. The van der Waals surface area contributed by atoms with Crippen molar-refractivity contribution >= 4 is 32.6 Å². The number of aliphatic hydroxyl groups is 2. The predicted molar refractivity (Wildman–Crippen MR) is 111 cm³/mol. The van der Waals surface area contributed by atoms with Crippen molar-refractivity contribution in [3.63, 3.8) is 0 Å². The number of ether oxygens (including phenoxy) is 1. The molecular formula is C16H23N5O10P2. The van der Waals surface area contributed by atoms with Crippen molar-refractivity contribution in [2.75, 3.05) is 12.3 Å². The van der Waals surface area contributed by atoms with E-state index in [-0.39, 0.29) is 22.8 Å². The van der Waals surface area contributed by atoms with Crippen molar-refractivity contribution in [2.24, 2.45) is 0 Å². The van der Waals surface area contributed by atoms with Crippen LogP contribution in [-0.4, -0.2) is 69.3 Å². The third-order valence-electron chi connectivity index (χ3n) is 4.53. The molecule has 1 fully saturated rings. The average Bonchev–Trinajstić information content (AvgIpc) is 3.24. The fraction of sp³-hybridized carbons (Fsp3) is 0.562. The van der Waals surface area contributed by atoms with Crippen molar-refractivity contribution in [1.82, 2.24) is 19.5 Å². The number of aliphatic hydroxyl groups excluding tert-OH is 2. The number of phosphoric ester groups is 1. The number of fused-ring (bicyclic) bond motifs is 1. The molecule has 0 saturated carbocycles. The van der Waals surface area contributed by atoms with Crippen LogP contribution in [0.3, 0.4) is 0 Å². The van der Waals surface area contributed by atoms with Crippen LogP contribution in [0, 0.1) is 11.8 Å². The molecule has 1 aliphatic heterocycles. The molecule has 2 aromatic rings. The molecule has 1 aliphatic rings. The SMILES string of the molecule is CCCCC#Cc1nc(N)c2ncn([C@@H]3O[C@H](COP(=O)(O)OP(=O)(O)O)[C@@H](O)[C@H]3O)c2n1. The standard InChI is InChI=1S/C16H23N5O10P2/c1-2-3-4-5-6-10-19-14(17)11-15(20-10)21(8-18-11)16-13(23)12(22)9(30-16)7-29-33(27,28)31-32(24,25)26/h8-9,12-13,16,22-23H,2-4,7H2,1H3,(H,27,28)(H2,17,19,20)(H2,24,25,26)/t9-,12-,13-,16-/m1/s1. The number of phosphoric acid groups is 2. The van der Waals surface area contributed by atoms with E-state index in [1.807, 2.05) is 6.92 Å². The van der Waals surface area contributed by atoms with Crippen LogP contribution in [0.25, 0.3) is 11.2 Å². The lowest BCUT2D eigenvalue weighted by molar-refractivity contribution is -0.0503. The quantitative estimate of drug-likeness (QED) is 0.154. The highest BCUT2D eigenvalue weighted by molar-refractivity contribution is 7.60. The molecule has 7 N–H and O–H groups in total. The second-order valence-electron chi connectivity index (χ2n) is 7.04. The van der Waals surface area contributed by atoms with Gasteiger partial charge < -0.3 is 35.4 Å². The van der Waals surface area contributed by atoms with Gasteiger partial charge in [0, 0.05) is 6.42 Å². The molecule has 0 spiro atoms. The summed E-state index contributed by atoms with van der Waals surface area (Å²) in [6.07, 6.45) is -1.98. The number of rotatable bonds is 8. The van der Waals surface area contributed by atoms with Crippen LogP contribution in [0.1, 0.15) is 38.2 Å². The maximum Gasteiger partial charge on any atom is 0.481 e. The number of nitrogen functional groups attached to an aromatic ring is 1. The first-order valence-corrected chi connectivity index (χ1v) is 12.7. The Balaban J connectivity index is 1.80.